The standard InChI is InChI=1S/C15H18N4O4/c1-10(23-13(20)7-4-8-18-15(17)22)14(21)19-12-6-3-2-5-11(12)9-16/h2-3,5-6,10H,4,7-8H2,1H3,(H,19,21)(H3,17,18,22). The van der Waals surface area contributed by atoms with Crippen molar-refractivity contribution in [1.29, 1.82) is 5.26 Å². The summed E-state index contributed by atoms with van der Waals surface area (Å²) in [6.07, 6.45) is -0.599. The molecule has 4 N–H and O–H groups in total. The number of esters is 1. The monoisotopic (exact) mass is 318 g/mol. The molecule has 122 valence electrons. The van der Waals surface area contributed by atoms with Gasteiger partial charge in [0.25, 0.3) is 5.91 Å². The van der Waals surface area contributed by atoms with Gasteiger partial charge in [0.05, 0.1) is 11.3 Å². The normalized spacial score (nSPS) is 11.0. The number of amides is 3. The second-order valence-electron chi connectivity index (χ2n) is 4.67. The number of para-hydroxylation sites is 1. The van der Waals surface area contributed by atoms with Crippen molar-refractivity contribution in [1.82, 2.24) is 5.32 Å². The maximum absolute atomic E-state index is 12.0. The van der Waals surface area contributed by atoms with E-state index in [1.807, 2.05) is 6.07 Å². The van der Waals surface area contributed by atoms with Crippen LogP contribution in [0.2, 0.25) is 0 Å². The molecule has 0 aliphatic heterocycles. The van der Waals surface area contributed by atoms with E-state index < -0.39 is 24.0 Å². The predicted octanol–water partition coefficient (Wildman–Crippen LogP) is 0.877. The Morgan fingerprint density at radius 1 is 1.35 bits per heavy atom. The number of anilines is 1. The van der Waals surface area contributed by atoms with E-state index in [-0.39, 0.29) is 13.0 Å². The van der Waals surface area contributed by atoms with E-state index in [1.165, 1.54) is 6.92 Å². The number of nitrogens with zero attached hydrogens (tertiary/aromatic N) is 1. The number of primary amides is 1. The summed E-state index contributed by atoms with van der Waals surface area (Å²) in [5.41, 5.74) is 5.56. The molecule has 0 aliphatic carbocycles. The summed E-state index contributed by atoms with van der Waals surface area (Å²) in [6, 6.07) is 7.80. The van der Waals surface area contributed by atoms with Crippen molar-refractivity contribution in [2.24, 2.45) is 5.73 Å². The van der Waals surface area contributed by atoms with E-state index in [4.69, 9.17) is 15.7 Å². The van der Waals surface area contributed by atoms with Gasteiger partial charge < -0.3 is 21.1 Å². The number of benzene rings is 1. The van der Waals surface area contributed by atoms with Gasteiger partial charge in [0.15, 0.2) is 6.10 Å². The minimum absolute atomic E-state index is 0.0483. The summed E-state index contributed by atoms with van der Waals surface area (Å²) in [6.45, 7) is 1.68. The molecule has 0 bridgehead atoms. The van der Waals surface area contributed by atoms with Crippen molar-refractivity contribution in [3.8, 4) is 6.07 Å². The molecule has 0 aromatic heterocycles. The average Bonchev–Trinajstić information content (AvgIpc) is 2.51. The maximum Gasteiger partial charge on any atom is 0.312 e. The van der Waals surface area contributed by atoms with Crippen molar-refractivity contribution >= 4 is 23.6 Å². The van der Waals surface area contributed by atoms with Gasteiger partial charge in [0.1, 0.15) is 6.07 Å². The number of carbonyl (C=O) groups excluding carboxylic acids is 3. The fourth-order valence-electron chi connectivity index (χ4n) is 1.68. The second-order valence-corrected chi connectivity index (χ2v) is 4.67. The van der Waals surface area contributed by atoms with E-state index >= 15 is 0 Å². The first-order valence-corrected chi connectivity index (χ1v) is 6.96. The number of nitrogens with two attached hydrogens (primary N) is 1. The summed E-state index contributed by atoms with van der Waals surface area (Å²) in [5, 5.41) is 13.8. The van der Waals surface area contributed by atoms with Crippen molar-refractivity contribution in [2.75, 3.05) is 11.9 Å². The number of nitrogens with one attached hydrogen (secondary N) is 2. The van der Waals surface area contributed by atoms with E-state index in [9.17, 15) is 14.4 Å². The number of carbonyl (C=O) groups is 3. The Morgan fingerprint density at radius 3 is 2.70 bits per heavy atom. The van der Waals surface area contributed by atoms with E-state index in [0.717, 1.165) is 0 Å². The highest BCUT2D eigenvalue weighted by Gasteiger charge is 2.18. The summed E-state index contributed by atoms with van der Waals surface area (Å²) in [5.74, 6) is -1.09. The highest BCUT2D eigenvalue weighted by Crippen LogP contribution is 2.14. The van der Waals surface area contributed by atoms with E-state index in [2.05, 4.69) is 10.6 Å². The Bertz CT molecular complexity index is 624. The van der Waals surface area contributed by atoms with Gasteiger partial charge in [-0.1, -0.05) is 12.1 Å². The molecule has 0 saturated carbocycles. The lowest BCUT2D eigenvalue weighted by atomic mass is 10.2. The van der Waals surface area contributed by atoms with Crippen LogP contribution in [0.1, 0.15) is 25.3 Å². The zero-order chi connectivity index (χ0) is 17.2. The molecular weight excluding hydrogens is 300 g/mol. The van der Waals surface area contributed by atoms with Crippen LogP contribution in [0.15, 0.2) is 24.3 Å². The molecule has 0 radical (unpaired) electrons. The van der Waals surface area contributed by atoms with Crippen LogP contribution in [0.4, 0.5) is 10.5 Å². The number of urea groups is 1. The number of hydrogen-bond donors (Lipinski definition) is 3. The molecule has 0 heterocycles. The molecule has 0 spiro atoms. The lowest BCUT2D eigenvalue weighted by Gasteiger charge is -2.14. The predicted molar refractivity (Wildman–Crippen MR) is 82.2 cm³/mol. The van der Waals surface area contributed by atoms with Crippen LogP contribution in [-0.4, -0.2) is 30.6 Å². The van der Waals surface area contributed by atoms with Gasteiger partial charge in [-0.25, -0.2) is 4.79 Å². The molecule has 3 amide bonds. The van der Waals surface area contributed by atoms with Crippen LogP contribution in [0, 0.1) is 11.3 Å². The maximum atomic E-state index is 12.0. The van der Waals surface area contributed by atoms with Gasteiger partial charge >= 0.3 is 12.0 Å². The molecule has 0 saturated heterocycles. The Morgan fingerprint density at radius 2 is 2.04 bits per heavy atom. The molecule has 1 atom stereocenters. The first kappa shape index (κ1) is 18.0. The van der Waals surface area contributed by atoms with Crippen molar-refractivity contribution < 1.29 is 19.1 Å². The van der Waals surface area contributed by atoms with Gasteiger partial charge in [-0.2, -0.15) is 5.26 Å². The first-order valence-electron chi connectivity index (χ1n) is 6.96. The topological polar surface area (TPSA) is 134 Å². The van der Waals surface area contributed by atoms with Crippen LogP contribution >= 0.6 is 0 Å². The largest absolute Gasteiger partial charge is 0.453 e. The minimum Gasteiger partial charge on any atom is -0.453 e. The molecule has 1 aromatic carbocycles. The lowest BCUT2D eigenvalue weighted by molar-refractivity contribution is -0.153. The van der Waals surface area contributed by atoms with Crippen LogP contribution < -0.4 is 16.4 Å². The number of nitriles is 1. The zero-order valence-corrected chi connectivity index (χ0v) is 12.7. The van der Waals surface area contributed by atoms with Crippen LogP contribution in [0.5, 0.6) is 0 Å². The van der Waals surface area contributed by atoms with Gasteiger partial charge in [-0.05, 0) is 25.5 Å². The third-order valence-corrected chi connectivity index (χ3v) is 2.84. The highest BCUT2D eigenvalue weighted by molar-refractivity contribution is 5.96. The summed E-state index contributed by atoms with van der Waals surface area (Å²) in [4.78, 5) is 34.0. The van der Waals surface area contributed by atoms with Crippen LogP contribution in [0.25, 0.3) is 0 Å². The molecule has 1 aromatic rings. The smallest absolute Gasteiger partial charge is 0.312 e. The molecule has 8 nitrogen and oxygen atoms in total. The Balaban J connectivity index is 2.43. The average molecular weight is 318 g/mol. The molecule has 23 heavy (non-hydrogen) atoms. The quantitative estimate of drug-likeness (QED) is 0.506. The van der Waals surface area contributed by atoms with Gasteiger partial charge in [-0.15, -0.1) is 0 Å². The molecule has 1 unspecified atom stereocenters. The fraction of sp³-hybridized carbons (Fsp3) is 0.333. The van der Waals surface area contributed by atoms with E-state index in [0.29, 0.717) is 17.7 Å². The summed E-state index contributed by atoms with van der Waals surface area (Å²) >= 11 is 0. The molecule has 1 rings (SSSR count). The number of hydrogen-bond acceptors (Lipinski definition) is 5. The number of ether oxygens (including phenoxy) is 1. The zero-order valence-electron chi connectivity index (χ0n) is 12.7. The third-order valence-electron chi connectivity index (χ3n) is 2.84. The second kappa shape index (κ2) is 9.04. The van der Waals surface area contributed by atoms with Crippen molar-refractivity contribution in [3.05, 3.63) is 29.8 Å². The molecule has 0 aliphatic rings. The lowest BCUT2D eigenvalue weighted by Crippen LogP contribution is -2.32. The SMILES string of the molecule is CC(OC(=O)CCCNC(N)=O)C(=O)Nc1ccccc1C#N. The highest BCUT2D eigenvalue weighted by atomic mass is 16.5. The molecule has 0 fully saturated rings. The molecular formula is C15H18N4O4. The van der Waals surface area contributed by atoms with Crippen molar-refractivity contribution in [2.45, 2.75) is 25.9 Å². The van der Waals surface area contributed by atoms with Gasteiger partial charge in [0, 0.05) is 13.0 Å². The van der Waals surface area contributed by atoms with Crippen molar-refractivity contribution in [3.63, 3.8) is 0 Å². The Hall–Kier alpha value is -3.08. The molecule has 8 heteroatoms. The minimum atomic E-state index is -1.00. The van der Waals surface area contributed by atoms with Gasteiger partial charge in [-0.3, -0.25) is 9.59 Å². The number of rotatable bonds is 7. The van der Waals surface area contributed by atoms with E-state index in [1.54, 1.807) is 24.3 Å². The summed E-state index contributed by atoms with van der Waals surface area (Å²) in [7, 11) is 0. The Labute approximate surface area is 133 Å². The first-order chi connectivity index (χ1) is 10.9. The summed E-state index contributed by atoms with van der Waals surface area (Å²) < 4.78 is 4.99. The fourth-order valence-corrected chi connectivity index (χ4v) is 1.68. The van der Waals surface area contributed by atoms with Gasteiger partial charge in [0.2, 0.25) is 0 Å². The van der Waals surface area contributed by atoms with Crippen LogP contribution in [-0.2, 0) is 14.3 Å². The third kappa shape index (κ3) is 6.48. The Kier molecular flexibility index (Phi) is 7.07. The van der Waals surface area contributed by atoms with Crippen LogP contribution in [0.3, 0.4) is 0 Å².